The maximum Gasteiger partial charge on any atom is 0.419 e. The number of carbonyl (C=O) groups excluding carboxylic acids is 2. The van der Waals surface area contributed by atoms with Gasteiger partial charge in [-0.1, -0.05) is 60.7 Å². The number of amides is 1. The number of alkyl halides is 3. The molecular formula is C28H27F4NO4. The zero-order chi connectivity index (χ0) is 27.2. The summed E-state index contributed by atoms with van der Waals surface area (Å²) in [6.07, 6.45) is -7.28. The lowest BCUT2D eigenvalue weighted by atomic mass is 9.88. The van der Waals surface area contributed by atoms with Gasteiger partial charge in [0.2, 0.25) is 0 Å². The Labute approximate surface area is 212 Å². The molecule has 196 valence electrons. The van der Waals surface area contributed by atoms with Crippen LogP contribution in [-0.4, -0.2) is 23.5 Å². The number of ether oxygens (including phenoxy) is 2. The molecule has 0 saturated carbocycles. The molecule has 3 aromatic rings. The minimum atomic E-state index is -5.08. The number of carbonyl (C=O) groups is 2. The van der Waals surface area contributed by atoms with Gasteiger partial charge in [0.1, 0.15) is 18.5 Å². The van der Waals surface area contributed by atoms with Gasteiger partial charge in [-0.05, 0) is 42.2 Å². The molecule has 0 spiro atoms. The quantitative estimate of drug-likeness (QED) is 0.233. The van der Waals surface area contributed by atoms with Crippen LogP contribution < -0.4 is 0 Å². The van der Waals surface area contributed by atoms with E-state index in [1.54, 1.807) is 61.5 Å². The van der Waals surface area contributed by atoms with E-state index in [-0.39, 0.29) is 30.8 Å². The molecule has 1 atom stereocenters. The van der Waals surface area contributed by atoms with Crippen LogP contribution in [0.3, 0.4) is 0 Å². The minimum Gasteiger partial charge on any atom is -0.458 e. The summed E-state index contributed by atoms with van der Waals surface area (Å²) in [7, 11) is 0. The molecule has 37 heavy (non-hydrogen) atoms. The highest BCUT2D eigenvalue weighted by atomic mass is 19.4. The first-order valence-electron chi connectivity index (χ1n) is 11.6. The van der Waals surface area contributed by atoms with Crippen molar-refractivity contribution in [2.45, 2.75) is 46.2 Å². The Morgan fingerprint density at radius 2 is 1.59 bits per heavy atom. The van der Waals surface area contributed by atoms with Crippen LogP contribution >= 0.6 is 0 Å². The first-order valence-corrected chi connectivity index (χ1v) is 11.6. The number of esters is 1. The van der Waals surface area contributed by atoms with Gasteiger partial charge in [0.15, 0.2) is 0 Å². The number of halogens is 4. The second-order valence-corrected chi connectivity index (χ2v) is 8.34. The summed E-state index contributed by atoms with van der Waals surface area (Å²) in [4.78, 5) is 25.8. The fourth-order valence-corrected chi connectivity index (χ4v) is 4.11. The van der Waals surface area contributed by atoms with E-state index in [2.05, 4.69) is 0 Å². The van der Waals surface area contributed by atoms with E-state index in [0.29, 0.717) is 5.56 Å². The van der Waals surface area contributed by atoms with Crippen LogP contribution in [0.1, 0.15) is 49.1 Å². The standard InChI is InChI=1S/C28H27F4NO4/c1-4-33(27(35)36-17-20-11-7-5-8-12-20)16-23-22(21-13-9-6-10-14-21)15-24(29)26(28(30,31)32)25(23)18(2)37-19(3)34/h5-15,18H,4,16-17H2,1-3H3. The SMILES string of the molecule is CCN(Cc1c(-c2ccccc2)cc(F)c(C(F)(F)F)c1C(C)OC(C)=O)C(=O)OCc1ccccc1. The Balaban J connectivity index is 2.14. The third-order valence-electron chi connectivity index (χ3n) is 5.74. The van der Waals surface area contributed by atoms with Crippen LogP contribution in [0.4, 0.5) is 22.4 Å². The highest BCUT2D eigenvalue weighted by Crippen LogP contribution is 2.43. The highest BCUT2D eigenvalue weighted by Gasteiger charge is 2.41. The third-order valence-corrected chi connectivity index (χ3v) is 5.74. The van der Waals surface area contributed by atoms with E-state index >= 15 is 4.39 Å². The number of nitrogens with zero attached hydrogens (tertiary/aromatic N) is 1. The topological polar surface area (TPSA) is 55.8 Å². The molecule has 0 aromatic heterocycles. The molecule has 0 aliphatic carbocycles. The summed E-state index contributed by atoms with van der Waals surface area (Å²) in [5.74, 6) is -2.33. The lowest BCUT2D eigenvalue weighted by Crippen LogP contribution is -2.32. The Morgan fingerprint density at radius 3 is 2.14 bits per heavy atom. The second-order valence-electron chi connectivity index (χ2n) is 8.34. The zero-order valence-electron chi connectivity index (χ0n) is 20.6. The number of hydrogen-bond acceptors (Lipinski definition) is 4. The normalized spacial score (nSPS) is 12.1. The summed E-state index contributed by atoms with van der Waals surface area (Å²) in [5, 5.41) is 0. The summed E-state index contributed by atoms with van der Waals surface area (Å²) in [5.41, 5.74) is -0.751. The monoisotopic (exact) mass is 517 g/mol. The summed E-state index contributed by atoms with van der Waals surface area (Å²) < 4.78 is 67.9. The summed E-state index contributed by atoms with van der Waals surface area (Å²) in [6.45, 7) is 3.68. The van der Waals surface area contributed by atoms with Crippen LogP contribution in [0, 0.1) is 5.82 Å². The van der Waals surface area contributed by atoms with Crippen molar-refractivity contribution in [1.82, 2.24) is 4.90 Å². The maximum absolute atomic E-state index is 15.1. The molecule has 3 aromatic carbocycles. The lowest BCUT2D eigenvalue weighted by molar-refractivity contribution is -0.150. The first-order chi connectivity index (χ1) is 17.5. The molecule has 0 bridgehead atoms. The van der Waals surface area contributed by atoms with Gasteiger partial charge in [0.25, 0.3) is 0 Å². The van der Waals surface area contributed by atoms with Crippen molar-refractivity contribution in [1.29, 1.82) is 0 Å². The molecule has 0 N–H and O–H groups in total. The fraction of sp³-hybridized carbons (Fsp3) is 0.286. The van der Waals surface area contributed by atoms with Crippen molar-refractivity contribution in [3.63, 3.8) is 0 Å². The maximum atomic E-state index is 15.1. The van der Waals surface area contributed by atoms with Crippen molar-refractivity contribution in [2.75, 3.05) is 6.54 Å². The molecule has 1 amide bonds. The van der Waals surface area contributed by atoms with Crippen molar-refractivity contribution in [2.24, 2.45) is 0 Å². The summed E-state index contributed by atoms with van der Waals surface area (Å²) >= 11 is 0. The van der Waals surface area contributed by atoms with E-state index < -0.39 is 41.3 Å². The smallest absolute Gasteiger partial charge is 0.419 e. The van der Waals surface area contributed by atoms with Gasteiger partial charge >= 0.3 is 18.2 Å². The molecule has 9 heteroatoms. The van der Waals surface area contributed by atoms with Gasteiger partial charge in [-0.25, -0.2) is 9.18 Å². The van der Waals surface area contributed by atoms with Gasteiger partial charge in [0.05, 0.1) is 12.1 Å². The average molecular weight is 518 g/mol. The Morgan fingerprint density at radius 1 is 1.00 bits per heavy atom. The van der Waals surface area contributed by atoms with Gasteiger partial charge in [-0.3, -0.25) is 4.79 Å². The summed E-state index contributed by atoms with van der Waals surface area (Å²) in [6, 6.07) is 18.0. The van der Waals surface area contributed by atoms with Crippen LogP contribution in [0.25, 0.3) is 11.1 Å². The molecule has 1 unspecified atom stereocenters. The Bertz CT molecular complexity index is 1230. The van der Waals surface area contributed by atoms with Gasteiger partial charge in [-0.15, -0.1) is 0 Å². The molecule has 0 fully saturated rings. The van der Waals surface area contributed by atoms with E-state index in [0.717, 1.165) is 18.6 Å². The van der Waals surface area contributed by atoms with Crippen molar-refractivity contribution >= 4 is 12.1 Å². The van der Waals surface area contributed by atoms with E-state index in [1.165, 1.54) is 11.8 Å². The van der Waals surface area contributed by atoms with Gasteiger partial charge in [-0.2, -0.15) is 13.2 Å². The average Bonchev–Trinajstić information content (AvgIpc) is 2.85. The van der Waals surface area contributed by atoms with Crippen molar-refractivity contribution in [3.05, 3.63) is 94.8 Å². The Hall–Kier alpha value is -3.88. The van der Waals surface area contributed by atoms with Gasteiger partial charge < -0.3 is 14.4 Å². The van der Waals surface area contributed by atoms with Crippen LogP contribution in [0.15, 0.2) is 66.7 Å². The molecule has 3 rings (SSSR count). The van der Waals surface area contributed by atoms with E-state index in [9.17, 15) is 22.8 Å². The lowest BCUT2D eigenvalue weighted by Gasteiger charge is -2.28. The van der Waals surface area contributed by atoms with Crippen molar-refractivity contribution in [3.8, 4) is 11.1 Å². The molecule has 0 aliphatic rings. The largest absolute Gasteiger partial charge is 0.458 e. The fourth-order valence-electron chi connectivity index (χ4n) is 4.11. The predicted octanol–water partition coefficient (Wildman–Crippen LogP) is 7.29. The van der Waals surface area contributed by atoms with Crippen molar-refractivity contribution < 1.29 is 36.6 Å². The molecule has 0 aliphatic heterocycles. The third kappa shape index (κ3) is 6.87. The predicted molar refractivity (Wildman–Crippen MR) is 130 cm³/mol. The number of hydrogen-bond donors (Lipinski definition) is 0. The van der Waals surface area contributed by atoms with Crippen LogP contribution in [-0.2, 0) is 33.6 Å². The number of benzene rings is 3. The number of rotatable bonds is 8. The molecule has 5 nitrogen and oxygen atoms in total. The first kappa shape index (κ1) is 27.7. The van der Waals surface area contributed by atoms with E-state index in [1.807, 2.05) is 6.07 Å². The molecule has 0 radical (unpaired) electrons. The van der Waals surface area contributed by atoms with Gasteiger partial charge in [0, 0.05) is 19.0 Å². The van der Waals surface area contributed by atoms with E-state index in [4.69, 9.17) is 9.47 Å². The minimum absolute atomic E-state index is 0.00665. The second kappa shape index (κ2) is 11.9. The highest BCUT2D eigenvalue weighted by molar-refractivity contribution is 5.73. The molecule has 0 saturated heterocycles. The molecule has 0 heterocycles. The van der Waals surface area contributed by atoms with Crippen LogP contribution in [0.5, 0.6) is 0 Å². The molecular weight excluding hydrogens is 490 g/mol. The van der Waals surface area contributed by atoms with Crippen LogP contribution in [0.2, 0.25) is 0 Å². The Kier molecular flexibility index (Phi) is 8.91. The zero-order valence-corrected chi connectivity index (χ0v) is 20.6.